The molecule has 0 unspecified atom stereocenters. The van der Waals surface area contributed by atoms with E-state index in [4.69, 9.17) is 25.4 Å². The number of imidazole rings is 1. The second-order valence-electron chi connectivity index (χ2n) is 12.8. The number of nitrogens with zero attached hydrogens (tertiary/aromatic N) is 5. The predicted molar refractivity (Wildman–Crippen MR) is 166 cm³/mol. The predicted octanol–water partition coefficient (Wildman–Crippen LogP) is 2.72. The first-order chi connectivity index (χ1) is 21.9. The molecule has 2 heterocycles. The van der Waals surface area contributed by atoms with Crippen LogP contribution < -0.4 is 11.1 Å². The van der Waals surface area contributed by atoms with E-state index in [2.05, 4.69) is 10.3 Å². The molecule has 0 saturated heterocycles. The van der Waals surface area contributed by atoms with E-state index in [0.717, 1.165) is 4.90 Å². The van der Waals surface area contributed by atoms with Gasteiger partial charge in [0, 0.05) is 19.5 Å². The molecule has 3 rings (SSSR count). The van der Waals surface area contributed by atoms with Gasteiger partial charge in [0.05, 0.1) is 17.4 Å². The summed E-state index contributed by atoms with van der Waals surface area (Å²) in [6.07, 6.45) is -0.854. The Morgan fingerprint density at radius 2 is 1.77 bits per heavy atom. The van der Waals surface area contributed by atoms with E-state index >= 15 is 0 Å². The van der Waals surface area contributed by atoms with Crippen molar-refractivity contribution in [1.29, 1.82) is 5.41 Å². The first-order valence-electron chi connectivity index (χ1n) is 14.9. The minimum atomic E-state index is -1.71. The molecule has 0 bridgehead atoms. The molecule has 1 aromatic carbocycles. The second-order valence-corrected chi connectivity index (χ2v) is 12.8. The third kappa shape index (κ3) is 10.2. The van der Waals surface area contributed by atoms with Gasteiger partial charge < -0.3 is 19.9 Å². The summed E-state index contributed by atoms with van der Waals surface area (Å²) in [6, 6.07) is 5.74. The van der Waals surface area contributed by atoms with Crippen LogP contribution in [0.4, 0.5) is 9.59 Å². The summed E-state index contributed by atoms with van der Waals surface area (Å²) in [5.41, 5.74) is 5.34. The lowest BCUT2D eigenvalue weighted by Gasteiger charge is -2.29. The van der Waals surface area contributed by atoms with Gasteiger partial charge in [-0.15, -0.1) is 0 Å². The monoisotopic (exact) mass is 658 g/mol. The van der Waals surface area contributed by atoms with Crippen LogP contribution in [0.2, 0.25) is 0 Å². The number of hydrazine groups is 1. The quantitative estimate of drug-likeness (QED) is 0.0836. The number of nitrogens with two attached hydrogens (primary N) is 1. The lowest BCUT2D eigenvalue weighted by atomic mass is 10.0. The molecule has 2 atom stereocenters. The highest BCUT2D eigenvalue weighted by Crippen LogP contribution is 2.21. The normalized spacial score (nSPS) is 15.1. The third-order valence-corrected chi connectivity index (χ3v) is 6.71. The van der Waals surface area contributed by atoms with Crippen molar-refractivity contribution in [1.82, 2.24) is 24.8 Å². The summed E-state index contributed by atoms with van der Waals surface area (Å²) < 4.78 is 17.3. The number of esters is 1. The molecule has 17 nitrogen and oxygen atoms in total. The van der Waals surface area contributed by atoms with Gasteiger partial charge >= 0.3 is 24.1 Å². The molecule has 0 saturated carbocycles. The fraction of sp³-hybridized carbons (Fsp3) is 0.533. The fourth-order valence-corrected chi connectivity index (χ4v) is 4.64. The molecule has 1 aromatic heterocycles. The molecule has 256 valence electrons. The first kappa shape index (κ1) is 36.4. The van der Waals surface area contributed by atoms with E-state index in [9.17, 15) is 29.3 Å². The van der Waals surface area contributed by atoms with Crippen LogP contribution >= 0.6 is 0 Å². The Morgan fingerprint density at radius 1 is 1.13 bits per heavy atom. The standard InChI is InChI=1S/C30H42N8O9/c1-29(2,3)46-27(41)35(26(31)32)14-10-13-22(25(40)45-17-19-11-8-7-9-12-19)37(38(43)44)24(39)21-15-20-23(16-33-21)36(18-34-20)28(42)47-30(4,5)6/h7-9,11-12,18,21-22,33H,10,13-17H2,1-6H3,(H3,31,32)/t21-,22-/m0/s1. The van der Waals surface area contributed by atoms with Crippen LogP contribution in [0, 0.1) is 15.5 Å². The van der Waals surface area contributed by atoms with Gasteiger partial charge in [-0.2, -0.15) is 0 Å². The number of hydrogen-bond donors (Lipinski definition) is 3. The topological polar surface area (TPSA) is 225 Å². The Labute approximate surface area is 271 Å². The fourth-order valence-electron chi connectivity index (χ4n) is 4.64. The molecule has 0 fully saturated rings. The number of carbonyl (C=O) groups is 4. The number of nitro groups is 1. The van der Waals surface area contributed by atoms with Gasteiger partial charge in [-0.25, -0.2) is 38.9 Å². The summed E-state index contributed by atoms with van der Waals surface area (Å²) in [5, 5.41) is 22.3. The van der Waals surface area contributed by atoms with Gasteiger partial charge in [-0.3, -0.25) is 15.5 Å². The van der Waals surface area contributed by atoms with Crippen molar-refractivity contribution < 1.29 is 38.4 Å². The number of carbonyl (C=O) groups excluding carboxylic acids is 4. The molecule has 0 aliphatic carbocycles. The molecular formula is C30H42N8O9. The molecule has 17 heteroatoms. The number of hydrogen-bond acceptors (Lipinski definition) is 12. The zero-order chi connectivity index (χ0) is 35.1. The smallest absolute Gasteiger partial charge is 0.420 e. The molecule has 1 aliphatic heterocycles. The highest BCUT2D eigenvalue weighted by atomic mass is 16.7. The molecule has 2 aromatic rings. The van der Waals surface area contributed by atoms with Crippen molar-refractivity contribution in [3.63, 3.8) is 0 Å². The second kappa shape index (κ2) is 15.0. The molecule has 4 N–H and O–H groups in total. The molecular weight excluding hydrogens is 616 g/mol. The maximum absolute atomic E-state index is 13.7. The lowest BCUT2D eigenvalue weighted by Crippen LogP contribution is -2.57. The number of guanidine groups is 1. The van der Waals surface area contributed by atoms with Crippen molar-refractivity contribution >= 4 is 30.0 Å². The summed E-state index contributed by atoms with van der Waals surface area (Å²) >= 11 is 0. The van der Waals surface area contributed by atoms with Crippen molar-refractivity contribution in [2.75, 3.05) is 6.54 Å². The van der Waals surface area contributed by atoms with Gasteiger partial charge in [0.1, 0.15) is 24.1 Å². The summed E-state index contributed by atoms with van der Waals surface area (Å²) in [5.74, 6) is -2.71. The number of aromatic nitrogens is 2. The summed E-state index contributed by atoms with van der Waals surface area (Å²) in [4.78, 5) is 69.8. The van der Waals surface area contributed by atoms with Gasteiger partial charge in [-0.05, 0) is 65.0 Å². The van der Waals surface area contributed by atoms with E-state index in [1.807, 2.05) is 0 Å². The Morgan fingerprint density at radius 3 is 2.34 bits per heavy atom. The van der Waals surface area contributed by atoms with Crippen molar-refractivity contribution in [3.05, 3.63) is 63.7 Å². The van der Waals surface area contributed by atoms with Crippen LogP contribution in [0.3, 0.4) is 0 Å². The van der Waals surface area contributed by atoms with E-state index in [1.54, 1.807) is 71.9 Å². The van der Waals surface area contributed by atoms with E-state index in [0.29, 0.717) is 17.0 Å². The number of ether oxygens (including phenoxy) is 3. The lowest BCUT2D eigenvalue weighted by molar-refractivity contribution is -0.641. The van der Waals surface area contributed by atoms with Gasteiger partial charge in [0.2, 0.25) is 0 Å². The maximum atomic E-state index is 13.7. The minimum absolute atomic E-state index is 0.0386. The molecule has 47 heavy (non-hydrogen) atoms. The van der Waals surface area contributed by atoms with Crippen molar-refractivity contribution in [3.8, 4) is 0 Å². The highest BCUT2D eigenvalue weighted by Gasteiger charge is 2.44. The zero-order valence-corrected chi connectivity index (χ0v) is 27.3. The number of nitrogens with one attached hydrogen (secondary N) is 2. The van der Waals surface area contributed by atoms with Gasteiger partial charge in [0.15, 0.2) is 17.0 Å². The minimum Gasteiger partial charge on any atom is -0.459 e. The van der Waals surface area contributed by atoms with Crippen LogP contribution in [-0.4, -0.2) is 84.3 Å². The Bertz CT molecular complexity index is 1480. The average molecular weight is 659 g/mol. The van der Waals surface area contributed by atoms with Crippen molar-refractivity contribution in [2.24, 2.45) is 5.73 Å². The van der Waals surface area contributed by atoms with Crippen LogP contribution in [0.1, 0.15) is 71.3 Å². The van der Waals surface area contributed by atoms with Crippen molar-refractivity contribution in [2.45, 2.75) is 97.2 Å². The molecule has 1 aliphatic rings. The van der Waals surface area contributed by atoms with Crippen LogP contribution in [0.5, 0.6) is 0 Å². The zero-order valence-electron chi connectivity index (χ0n) is 27.3. The third-order valence-electron chi connectivity index (χ3n) is 6.71. The number of fused-ring (bicyclic) bond motifs is 1. The summed E-state index contributed by atoms with van der Waals surface area (Å²) in [6.45, 7) is 9.55. The highest BCUT2D eigenvalue weighted by molar-refractivity contribution is 5.91. The largest absolute Gasteiger partial charge is 0.459 e. The van der Waals surface area contributed by atoms with E-state index in [1.165, 1.54) is 10.9 Å². The Balaban J connectivity index is 1.83. The number of rotatable bonds is 10. The average Bonchev–Trinajstić information content (AvgIpc) is 3.39. The number of amides is 2. The molecule has 2 amide bonds. The molecule has 0 spiro atoms. The van der Waals surface area contributed by atoms with Crippen LogP contribution in [-0.2, 0) is 43.4 Å². The maximum Gasteiger partial charge on any atom is 0.420 e. The Hall–Kier alpha value is -5.06. The first-order valence-corrected chi connectivity index (χ1v) is 14.9. The molecule has 0 radical (unpaired) electrons. The van der Waals surface area contributed by atoms with Gasteiger partial charge in [-0.1, -0.05) is 30.3 Å². The van der Waals surface area contributed by atoms with E-state index < -0.39 is 58.3 Å². The summed E-state index contributed by atoms with van der Waals surface area (Å²) in [7, 11) is 0. The van der Waals surface area contributed by atoms with Crippen LogP contribution in [0.25, 0.3) is 0 Å². The van der Waals surface area contributed by atoms with Crippen LogP contribution in [0.15, 0.2) is 36.7 Å². The SMILES string of the molecule is CC(C)(C)OC(=O)N(CCC[C@@H](C(=O)OCc1ccccc1)N(C(=O)[C@@H]1Cc2ncn(C(=O)OC(C)(C)C)c2CN1)[N+](=O)[O-])C(=N)N. The van der Waals surface area contributed by atoms with Gasteiger partial charge in [0.25, 0.3) is 0 Å². The number of benzene rings is 1. The van der Waals surface area contributed by atoms with E-state index in [-0.39, 0.29) is 44.0 Å². The Kier molecular flexibility index (Phi) is 11.6.